The molecule has 0 fully saturated rings. The van der Waals surface area contributed by atoms with Gasteiger partial charge in [0.2, 0.25) is 0 Å². The van der Waals surface area contributed by atoms with Gasteiger partial charge in [-0.2, -0.15) is 0 Å². The zero-order valence-corrected chi connectivity index (χ0v) is 7.62. The van der Waals surface area contributed by atoms with Gasteiger partial charge in [-0.3, -0.25) is 4.98 Å². The number of aromatic nitrogens is 1. The third kappa shape index (κ3) is 1.95. The standard InChI is InChI=1S/C9H15N3/c1-8-7-11-5-3-9(8)12(2)6-4-10/h3,5,7H,4,6,10H2,1-2H3. The number of nitrogens with two attached hydrogens (primary N) is 1. The molecule has 0 atom stereocenters. The van der Waals surface area contributed by atoms with Crippen LogP contribution >= 0.6 is 0 Å². The molecule has 0 radical (unpaired) electrons. The fourth-order valence-corrected chi connectivity index (χ4v) is 1.21. The molecule has 0 bridgehead atoms. The Balaban J connectivity index is 2.79. The second kappa shape index (κ2) is 4.07. The van der Waals surface area contributed by atoms with Gasteiger partial charge in [0, 0.05) is 38.2 Å². The Morgan fingerprint density at radius 1 is 1.58 bits per heavy atom. The van der Waals surface area contributed by atoms with E-state index in [-0.39, 0.29) is 0 Å². The van der Waals surface area contributed by atoms with Crippen LogP contribution in [-0.4, -0.2) is 25.1 Å². The molecule has 66 valence electrons. The van der Waals surface area contributed by atoms with Gasteiger partial charge in [-0.1, -0.05) is 0 Å². The summed E-state index contributed by atoms with van der Waals surface area (Å²) in [7, 11) is 2.04. The molecule has 0 aromatic carbocycles. The summed E-state index contributed by atoms with van der Waals surface area (Å²) in [5, 5.41) is 0. The highest BCUT2D eigenvalue weighted by molar-refractivity contribution is 5.50. The number of pyridine rings is 1. The van der Waals surface area contributed by atoms with Crippen LogP contribution in [0, 0.1) is 6.92 Å². The lowest BCUT2D eigenvalue weighted by molar-refractivity contribution is 0.880. The van der Waals surface area contributed by atoms with Crippen LogP contribution in [0.3, 0.4) is 0 Å². The first-order valence-electron chi connectivity index (χ1n) is 4.07. The van der Waals surface area contributed by atoms with E-state index in [1.165, 1.54) is 11.3 Å². The SMILES string of the molecule is Cc1cnccc1N(C)CCN. The molecule has 0 amide bonds. The second-order valence-electron chi connectivity index (χ2n) is 2.87. The third-order valence-electron chi connectivity index (χ3n) is 1.87. The fraction of sp³-hybridized carbons (Fsp3) is 0.444. The minimum absolute atomic E-state index is 0.679. The molecular weight excluding hydrogens is 150 g/mol. The quantitative estimate of drug-likeness (QED) is 0.720. The van der Waals surface area contributed by atoms with E-state index >= 15 is 0 Å². The summed E-state index contributed by atoms with van der Waals surface area (Å²) < 4.78 is 0. The number of hydrogen-bond acceptors (Lipinski definition) is 3. The highest BCUT2D eigenvalue weighted by Gasteiger charge is 2.01. The lowest BCUT2D eigenvalue weighted by Gasteiger charge is -2.19. The minimum atomic E-state index is 0.679. The van der Waals surface area contributed by atoms with E-state index in [0.29, 0.717) is 6.54 Å². The lowest BCUT2D eigenvalue weighted by atomic mass is 10.2. The van der Waals surface area contributed by atoms with Crippen LogP contribution in [0.25, 0.3) is 0 Å². The second-order valence-corrected chi connectivity index (χ2v) is 2.87. The molecule has 1 aromatic rings. The number of rotatable bonds is 3. The van der Waals surface area contributed by atoms with Crippen molar-refractivity contribution in [1.29, 1.82) is 0 Å². The molecule has 0 aliphatic carbocycles. The normalized spacial score (nSPS) is 9.92. The Hall–Kier alpha value is -1.09. The van der Waals surface area contributed by atoms with E-state index in [1.807, 2.05) is 19.3 Å². The lowest BCUT2D eigenvalue weighted by Crippen LogP contribution is -2.25. The molecule has 1 heterocycles. The number of anilines is 1. The van der Waals surface area contributed by atoms with Crippen molar-refractivity contribution in [2.24, 2.45) is 5.73 Å². The number of likely N-dealkylation sites (N-methyl/N-ethyl adjacent to an activating group) is 1. The molecule has 0 unspecified atom stereocenters. The summed E-state index contributed by atoms with van der Waals surface area (Å²) in [4.78, 5) is 6.17. The Kier molecular flexibility index (Phi) is 3.05. The summed E-state index contributed by atoms with van der Waals surface area (Å²) in [6.45, 7) is 3.61. The van der Waals surface area contributed by atoms with Gasteiger partial charge in [-0.15, -0.1) is 0 Å². The molecule has 0 saturated heterocycles. The predicted octanol–water partition coefficient (Wildman–Crippen LogP) is 0.785. The van der Waals surface area contributed by atoms with Crippen LogP contribution in [-0.2, 0) is 0 Å². The maximum atomic E-state index is 5.46. The van der Waals surface area contributed by atoms with Crippen molar-refractivity contribution in [3.63, 3.8) is 0 Å². The Labute approximate surface area is 73.2 Å². The van der Waals surface area contributed by atoms with Crippen LogP contribution in [0.1, 0.15) is 5.56 Å². The molecule has 3 heteroatoms. The first kappa shape index (κ1) is 9.00. The minimum Gasteiger partial charge on any atom is -0.373 e. The van der Waals surface area contributed by atoms with E-state index < -0.39 is 0 Å². The average Bonchev–Trinajstić information content (AvgIpc) is 2.05. The van der Waals surface area contributed by atoms with E-state index in [1.54, 1.807) is 6.20 Å². The van der Waals surface area contributed by atoms with Crippen LogP contribution in [0.2, 0.25) is 0 Å². The smallest absolute Gasteiger partial charge is 0.0424 e. The molecule has 12 heavy (non-hydrogen) atoms. The monoisotopic (exact) mass is 165 g/mol. The summed E-state index contributed by atoms with van der Waals surface area (Å²) in [5.74, 6) is 0. The number of hydrogen-bond donors (Lipinski definition) is 1. The first-order chi connectivity index (χ1) is 5.75. The van der Waals surface area contributed by atoms with Crippen molar-refractivity contribution in [2.45, 2.75) is 6.92 Å². The topological polar surface area (TPSA) is 42.2 Å². The van der Waals surface area contributed by atoms with Gasteiger partial charge in [0.25, 0.3) is 0 Å². The molecule has 0 aliphatic rings. The molecule has 0 spiro atoms. The Bertz CT molecular complexity index is 247. The van der Waals surface area contributed by atoms with E-state index in [0.717, 1.165) is 6.54 Å². The molecule has 3 nitrogen and oxygen atoms in total. The molecule has 0 aliphatic heterocycles. The van der Waals surface area contributed by atoms with Crippen LogP contribution < -0.4 is 10.6 Å². The van der Waals surface area contributed by atoms with Crippen LogP contribution in [0.5, 0.6) is 0 Å². The van der Waals surface area contributed by atoms with Crippen molar-refractivity contribution < 1.29 is 0 Å². The maximum absolute atomic E-state index is 5.46. The van der Waals surface area contributed by atoms with Crippen molar-refractivity contribution in [1.82, 2.24) is 4.98 Å². The number of nitrogens with zero attached hydrogens (tertiary/aromatic N) is 2. The zero-order chi connectivity index (χ0) is 8.97. The van der Waals surface area contributed by atoms with E-state index in [4.69, 9.17) is 5.73 Å². The van der Waals surface area contributed by atoms with Gasteiger partial charge in [0.1, 0.15) is 0 Å². The maximum Gasteiger partial charge on any atom is 0.0424 e. The van der Waals surface area contributed by atoms with Gasteiger partial charge < -0.3 is 10.6 Å². The van der Waals surface area contributed by atoms with Gasteiger partial charge in [-0.05, 0) is 18.6 Å². The summed E-state index contributed by atoms with van der Waals surface area (Å²) in [6.07, 6.45) is 3.66. The Morgan fingerprint density at radius 3 is 2.92 bits per heavy atom. The van der Waals surface area contributed by atoms with Crippen molar-refractivity contribution >= 4 is 5.69 Å². The van der Waals surface area contributed by atoms with E-state index in [2.05, 4.69) is 16.8 Å². The van der Waals surface area contributed by atoms with Gasteiger partial charge in [-0.25, -0.2) is 0 Å². The van der Waals surface area contributed by atoms with Crippen molar-refractivity contribution in [3.05, 3.63) is 24.0 Å². The van der Waals surface area contributed by atoms with Crippen molar-refractivity contribution in [3.8, 4) is 0 Å². The van der Waals surface area contributed by atoms with Crippen LogP contribution in [0.15, 0.2) is 18.5 Å². The third-order valence-corrected chi connectivity index (χ3v) is 1.87. The van der Waals surface area contributed by atoms with Gasteiger partial charge in [0.15, 0.2) is 0 Å². The van der Waals surface area contributed by atoms with E-state index in [9.17, 15) is 0 Å². The predicted molar refractivity (Wildman–Crippen MR) is 51.3 cm³/mol. The zero-order valence-electron chi connectivity index (χ0n) is 7.62. The molecule has 2 N–H and O–H groups in total. The largest absolute Gasteiger partial charge is 0.373 e. The average molecular weight is 165 g/mol. The van der Waals surface area contributed by atoms with Crippen molar-refractivity contribution in [2.75, 3.05) is 25.0 Å². The molecular formula is C9H15N3. The molecule has 0 saturated carbocycles. The fourth-order valence-electron chi connectivity index (χ4n) is 1.21. The van der Waals surface area contributed by atoms with Crippen LogP contribution in [0.4, 0.5) is 5.69 Å². The summed E-state index contributed by atoms with van der Waals surface area (Å²) >= 11 is 0. The van der Waals surface area contributed by atoms with Gasteiger partial charge >= 0.3 is 0 Å². The first-order valence-corrected chi connectivity index (χ1v) is 4.07. The highest BCUT2D eigenvalue weighted by atomic mass is 15.1. The van der Waals surface area contributed by atoms with Gasteiger partial charge in [0.05, 0.1) is 0 Å². The summed E-state index contributed by atoms with van der Waals surface area (Å²) in [6, 6.07) is 2.00. The Morgan fingerprint density at radius 2 is 2.33 bits per heavy atom. The summed E-state index contributed by atoms with van der Waals surface area (Å²) in [5.41, 5.74) is 7.85. The highest BCUT2D eigenvalue weighted by Crippen LogP contribution is 2.15. The molecule has 1 rings (SSSR count). The molecule has 1 aromatic heterocycles. The number of aryl methyl sites for hydroxylation is 1.